The Labute approximate surface area is 164 Å². The van der Waals surface area contributed by atoms with Crippen molar-refractivity contribution in [1.29, 1.82) is 0 Å². The number of hydrogen-bond acceptors (Lipinski definition) is 4. The number of esters is 1. The largest absolute Gasteiger partial charge is 0.484 e. The first-order chi connectivity index (χ1) is 12.7. The van der Waals surface area contributed by atoms with Crippen LogP contribution in [-0.2, 0) is 14.9 Å². The smallest absolute Gasteiger partial charge is 0.338 e. The van der Waals surface area contributed by atoms with Crippen LogP contribution in [0.3, 0.4) is 0 Å². The third-order valence-corrected chi connectivity index (χ3v) is 4.16. The molecule has 0 fully saturated rings. The lowest BCUT2D eigenvalue weighted by molar-refractivity contribution is -0.118. The van der Waals surface area contributed by atoms with E-state index in [9.17, 15) is 9.59 Å². The molecule has 6 heteroatoms. The number of hydrogen-bond donors (Lipinski definition) is 1. The van der Waals surface area contributed by atoms with E-state index < -0.39 is 5.97 Å². The van der Waals surface area contributed by atoms with Crippen LogP contribution in [-0.4, -0.2) is 25.1 Å². The molecule has 0 heterocycles. The molecule has 2 aromatic rings. The lowest BCUT2D eigenvalue weighted by atomic mass is 9.87. The van der Waals surface area contributed by atoms with Crippen LogP contribution in [0, 0.1) is 0 Å². The zero-order valence-corrected chi connectivity index (χ0v) is 16.7. The van der Waals surface area contributed by atoms with Crippen LogP contribution in [0.15, 0.2) is 42.5 Å². The minimum Gasteiger partial charge on any atom is -0.484 e. The highest BCUT2D eigenvalue weighted by molar-refractivity contribution is 6.34. The fourth-order valence-corrected chi connectivity index (χ4v) is 2.57. The lowest BCUT2D eigenvalue weighted by Crippen LogP contribution is -2.20. The normalized spacial score (nSPS) is 11.0. The highest BCUT2D eigenvalue weighted by Gasteiger charge is 2.14. The predicted octanol–water partition coefficient (Wildman–Crippen LogP) is 4.83. The summed E-state index contributed by atoms with van der Waals surface area (Å²) >= 11 is 6.13. The van der Waals surface area contributed by atoms with Gasteiger partial charge in [-0.3, -0.25) is 4.79 Å². The van der Waals surface area contributed by atoms with Crippen LogP contribution in [0.25, 0.3) is 0 Å². The van der Waals surface area contributed by atoms with Gasteiger partial charge in [0.25, 0.3) is 5.91 Å². The van der Waals surface area contributed by atoms with Gasteiger partial charge in [-0.25, -0.2) is 4.79 Å². The van der Waals surface area contributed by atoms with Crippen LogP contribution >= 0.6 is 11.6 Å². The van der Waals surface area contributed by atoms with E-state index >= 15 is 0 Å². The maximum atomic E-state index is 12.1. The minimum absolute atomic E-state index is 0.0579. The fourth-order valence-electron chi connectivity index (χ4n) is 2.34. The van der Waals surface area contributed by atoms with Crippen LogP contribution in [0.2, 0.25) is 5.02 Å². The summed E-state index contributed by atoms with van der Waals surface area (Å²) in [6, 6.07) is 12.2. The Morgan fingerprint density at radius 3 is 2.30 bits per heavy atom. The SMILES string of the molecule is CCOC(=O)c1ccc(NC(=O)COc2ccc(C(C)(C)C)cc2)c(Cl)c1. The molecule has 0 atom stereocenters. The first-order valence-corrected chi connectivity index (χ1v) is 9.08. The molecule has 5 nitrogen and oxygen atoms in total. The Balaban J connectivity index is 1.93. The molecule has 1 amide bonds. The monoisotopic (exact) mass is 389 g/mol. The van der Waals surface area contributed by atoms with Crippen molar-refractivity contribution in [2.45, 2.75) is 33.1 Å². The Morgan fingerprint density at radius 2 is 1.74 bits per heavy atom. The topological polar surface area (TPSA) is 64.6 Å². The summed E-state index contributed by atoms with van der Waals surface area (Å²) in [5, 5.41) is 2.92. The number of carbonyl (C=O) groups is 2. The third-order valence-electron chi connectivity index (χ3n) is 3.84. The first kappa shape index (κ1) is 20.8. The van der Waals surface area contributed by atoms with E-state index in [2.05, 4.69) is 26.1 Å². The quantitative estimate of drug-likeness (QED) is 0.718. The van der Waals surface area contributed by atoms with E-state index in [1.807, 2.05) is 24.3 Å². The number of halogens is 1. The van der Waals surface area contributed by atoms with E-state index in [0.29, 0.717) is 17.0 Å². The van der Waals surface area contributed by atoms with Crippen molar-refractivity contribution >= 4 is 29.2 Å². The molecule has 2 aromatic carbocycles. The number of benzene rings is 2. The summed E-state index contributed by atoms with van der Waals surface area (Å²) in [5.41, 5.74) is 1.98. The van der Waals surface area contributed by atoms with Crippen LogP contribution in [0.1, 0.15) is 43.6 Å². The van der Waals surface area contributed by atoms with Gasteiger partial charge in [-0.05, 0) is 48.2 Å². The molecule has 0 bridgehead atoms. The summed E-state index contributed by atoms with van der Waals surface area (Å²) in [6.07, 6.45) is 0. The molecule has 0 radical (unpaired) electrons. The van der Waals surface area contributed by atoms with E-state index in [-0.39, 0.29) is 29.6 Å². The standard InChI is InChI=1S/C21H24ClNO4/c1-5-26-20(25)14-6-11-18(17(22)12-14)23-19(24)13-27-16-9-7-15(8-10-16)21(2,3)4/h6-12H,5,13H2,1-4H3,(H,23,24). The molecule has 0 unspecified atom stereocenters. The summed E-state index contributed by atoms with van der Waals surface area (Å²) in [7, 11) is 0. The predicted molar refractivity (Wildman–Crippen MR) is 107 cm³/mol. The number of nitrogens with one attached hydrogen (secondary N) is 1. The molecule has 1 N–H and O–H groups in total. The molecule has 0 spiro atoms. The average molecular weight is 390 g/mol. The molecule has 2 rings (SSSR count). The fraction of sp³-hybridized carbons (Fsp3) is 0.333. The van der Waals surface area contributed by atoms with Gasteiger partial charge in [0.05, 0.1) is 22.9 Å². The van der Waals surface area contributed by atoms with Crippen molar-refractivity contribution in [3.8, 4) is 5.75 Å². The lowest BCUT2D eigenvalue weighted by Gasteiger charge is -2.19. The van der Waals surface area contributed by atoms with Gasteiger partial charge in [-0.15, -0.1) is 0 Å². The van der Waals surface area contributed by atoms with Crippen molar-refractivity contribution in [3.63, 3.8) is 0 Å². The second kappa shape index (κ2) is 8.91. The van der Waals surface area contributed by atoms with E-state index in [0.717, 1.165) is 0 Å². The molecule has 27 heavy (non-hydrogen) atoms. The second-order valence-electron chi connectivity index (χ2n) is 7.03. The van der Waals surface area contributed by atoms with Crippen molar-refractivity contribution in [3.05, 3.63) is 58.6 Å². The number of carbonyl (C=O) groups excluding carboxylic acids is 2. The van der Waals surface area contributed by atoms with Crippen molar-refractivity contribution in [2.75, 3.05) is 18.5 Å². The van der Waals surface area contributed by atoms with E-state index in [4.69, 9.17) is 21.1 Å². The van der Waals surface area contributed by atoms with Gasteiger partial charge in [0.15, 0.2) is 6.61 Å². The highest BCUT2D eigenvalue weighted by atomic mass is 35.5. The van der Waals surface area contributed by atoms with Gasteiger partial charge in [0, 0.05) is 0 Å². The van der Waals surface area contributed by atoms with Crippen molar-refractivity contribution in [2.24, 2.45) is 0 Å². The number of amides is 1. The van der Waals surface area contributed by atoms with Crippen molar-refractivity contribution < 1.29 is 19.1 Å². The molecular formula is C21H24ClNO4. The van der Waals surface area contributed by atoms with Gasteiger partial charge in [-0.2, -0.15) is 0 Å². The third kappa shape index (κ3) is 6.00. The maximum Gasteiger partial charge on any atom is 0.338 e. The molecule has 0 saturated carbocycles. The maximum absolute atomic E-state index is 12.1. The highest BCUT2D eigenvalue weighted by Crippen LogP contribution is 2.25. The average Bonchev–Trinajstić information content (AvgIpc) is 2.61. The summed E-state index contributed by atoms with van der Waals surface area (Å²) in [6.45, 7) is 8.26. The van der Waals surface area contributed by atoms with Crippen LogP contribution in [0.5, 0.6) is 5.75 Å². The Bertz CT molecular complexity index is 810. The van der Waals surface area contributed by atoms with Crippen molar-refractivity contribution in [1.82, 2.24) is 0 Å². The van der Waals surface area contributed by atoms with E-state index in [1.54, 1.807) is 19.1 Å². The van der Waals surface area contributed by atoms with E-state index in [1.165, 1.54) is 11.6 Å². The molecule has 0 aromatic heterocycles. The zero-order valence-electron chi connectivity index (χ0n) is 16.0. The van der Waals surface area contributed by atoms with Gasteiger partial charge in [0.1, 0.15) is 5.75 Å². The molecule has 0 saturated heterocycles. The second-order valence-corrected chi connectivity index (χ2v) is 7.43. The first-order valence-electron chi connectivity index (χ1n) is 8.70. The number of rotatable bonds is 6. The molecular weight excluding hydrogens is 366 g/mol. The molecule has 0 aliphatic heterocycles. The minimum atomic E-state index is -0.459. The number of ether oxygens (including phenoxy) is 2. The van der Waals surface area contributed by atoms with Gasteiger partial charge < -0.3 is 14.8 Å². The summed E-state index contributed by atoms with van der Waals surface area (Å²) in [5.74, 6) is -0.193. The Kier molecular flexibility index (Phi) is 6.86. The van der Waals surface area contributed by atoms with Gasteiger partial charge in [0.2, 0.25) is 0 Å². The summed E-state index contributed by atoms with van der Waals surface area (Å²) in [4.78, 5) is 23.8. The molecule has 0 aliphatic carbocycles. The van der Waals surface area contributed by atoms with Gasteiger partial charge >= 0.3 is 5.97 Å². The van der Waals surface area contributed by atoms with Crippen LogP contribution < -0.4 is 10.1 Å². The van der Waals surface area contributed by atoms with Crippen LogP contribution in [0.4, 0.5) is 5.69 Å². The molecule has 144 valence electrons. The van der Waals surface area contributed by atoms with Gasteiger partial charge in [-0.1, -0.05) is 44.5 Å². The Hall–Kier alpha value is -2.53. The number of anilines is 1. The zero-order chi connectivity index (χ0) is 20.0. The summed E-state index contributed by atoms with van der Waals surface area (Å²) < 4.78 is 10.4. The molecule has 0 aliphatic rings. The Morgan fingerprint density at radius 1 is 1.07 bits per heavy atom.